The number of fused-ring (bicyclic) bond motifs is 10. The maximum Gasteiger partial charge on any atom is 0.373 e. The summed E-state index contributed by atoms with van der Waals surface area (Å²) < 4.78 is 34.5. The Hall–Kier alpha value is -7.69. The van der Waals surface area contributed by atoms with Gasteiger partial charge in [-0.3, -0.25) is 4.79 Å². The van der Waals surface area contributed by atoms with E-state index >= 15 is 0 Å². The van der Waals surface area contributed by atoms with Crippen molar-refractivity contribution in [1.29, 1.82) is 0 Å². The molecule has 0 radical (unpaired) electrons. The Morgan fingerprint density at radius 1 is 0.597 bits per heavy atom. The second-order valence-corrected chi connectivity index (χ2v) is 18.9. The van der Waals surface area contributed by atoms with Crippen molar-refractivity contribution in [1.82, 2.24) is 19.1 Å². The van der Waals surface area contributed by atoms with Gasteiger partial charge < -0.3 is 32.8 Å². The summed E-state index contributed by atoms with van der Waals surface area (Å²) in [4.78, 5) is 37.0. The van der Waals surface area contributed by atoms with Gasteiger partial charge in [-0.05, 0) is 109 Å². The third-order valence-corrected chi connectivity index (χ3v) is 14.5. The van der Waals surface area contributed by atoms with Crippen molar-refractivity contribution in [3.63, 3.8) is 0 Å². The molecule has 0 bridgehead atoms. The predicted molar refractivity (Wildman–Crippen MR) is 276 cm³/mol. The Kier molecular flexibility index (Phi) is 15.0. The predicted octanol–water partition coefficient (Wildman–Crippen LogP) is 13.0. The van der Waals surface area contributed by atoms with Gasteiger partial charge in [0.1, 0.15) is 60.7 Å². The van der Waals surface area contributed by atoms with Crippen LogP contribution in [0.15, 0.2) is 121 Å². The van der Waals surface area contributed by atoms with Gasteiger partial charge in [0.15, 0.2) is 0 Å². The second-order valence-electron chi connectivity index (χ2n) is 18.9. The zero-order chi connectivity index (χ0) is 49.2. The van der Waals surface area contributed by atoms with Crippen LogP contribution in [0.1, 0.15) is 111 Å². The van der Waals surface area contributed by atoms with Crippen molar-refractivity contribution < 1.29 is 38.1 Å². The highest BCUT2D eigenvalue weighted by Gasteiger charge is 2.32. The van der Waals surface area contributed by atoms with E-state index in [2.05, 4.69) is 82.8 Å². The Morgan fingerprint density at radius 2 is 1.07 bits per heavy atom. The molecule has 8 aromatic rings. The Balaban J connectivity index is 0.000000157. The third-order valence-electron chi connectivity index (χ3n) is 14.5. The lowest BCUT2D eigenvalue weighted by Gasteiger charge is -2.23. The van der Waals surface area contributed by atoms with E-state index < -0.39 is 0 Å². The molecule has 0 amide bonds. The van der Waals surface area contributed by atoms with E-state index in [1.54, 1.807) is 6.07 Å². The molecule has 0 atom stereocenters. The highest BCUT2D eigenvalue weighted by atomic mass is 16.5. The molecule has 12 rings (SSSR count). The third kappa shape index (κ3) is 10.2. The van der Waals surface area contributed by atoms with Crippen molar-refractivity contribution in [2.45, 2.75) is 116 Å². The number of nitrogens with zero attached hydrogens (tertiary/aromatic N) is 4. The highest BCUT2D eigenvalue weighted by Crippen LogP contribution is 2.49. The minimum atomic E-state index is 0.250. The fourth-order valence-corrected chi connectivity index (χ4v) is 11.2. The lowest BCUT2D eigenvalue weighted by molar-refractivity contribution is -0.191. The molecular formula is C60H60N4O8. The molecule has 72 heavy (non-hydrogen) atoms. The topological polar surface area (TPSA) is 133 Å². The fraction of sp³-hybridized carbons (Fsp3) is 0.333. The lowest BCUT2D eigenvalue weighted by Crippen LogP contribution is -2.08. The average molecular weight is 965 g/mol. The number of hydrogen-bond donors (Lipinski definition) is 0. The van der Waals surface area contributed by atoms with Crippen LogP contribution in [0.5, 0.6) is 28.9 Å². The quantitative estimate of drug-likeness (QED) is 0.115. The number of aromatic nitrogens is 4. The number of carbonyl (C=O) groups excluding carboxylic acids is 3. The molecule has 4 aromatic carbocycles. The summed E-state index contributed by atoms with van der Waals surface area (Å²) >= 11 is 0. The van der Waals surface area contributed by atoms with Gasteiger partial charge in [0, 0.05) is 45.8 Å². The standard InChI is InChI=1S/C30H32N2O2.C29H28N2O4.CO2/c1-2-23-13-15-26-28(22-11-7-4-8-12-22)29-25-16-14-24(34-20-21-9-5-3-6-10-21)19-27(25)33-18-17-32(29)30(26)31-23;32-19-35-26-14-13-24-27(21-9-5-2-6-10-21)28-23-12-11-22(34-18-20-7-3-1-4-8-20)17-25(23)33-16-15-31(28)29(24)30-26;2-1-3/h3,5-6,9-10,13-16,19,22H,2,4,7-8,11-12,17-18,20H2,1H3;1,3-4,7-8,11-14,17,19,21H,2,5-6,9-10,15-16,18H2;. The summed E-state index contributed by atoms with van der Waals surface area (Å²) in [7, 11) is 0. The SMILES string of the molecule is CCc1ccc2c(C3CCCCC3)c3n(c2n1)CCOc1cc(OCc2ccccc2)ccc1-3.O=C=O.O=COc1ccc2c(C3CCCCC3)c3n(c2n1)CCOc1cc(OCc2ccccc2)ccc1-3. The molecule has 2 fully saturated rings. The van der Waals surface area contributed by atoms with Gasteiger partial charge >= 0.3 is 6.15 Å². The zero-order valence-electron chi connectivity index (χ0n) is 40.9. The zero-order valence-corrected chi connectivity index (χ0v) is 40.9. The maximum absolute atomic E-state index is 10.9. The van der Waals surface area contributed by atoms with Gasteiger partial charge in [0.25, 0.3) is 6.47 Å². The Labute approximate surface area is 419 Å². The van der Waals surface area contributed by atoms with Crippen LogP contribution >= 0.6 is 0 Å². The van der Waals surface area contributed by atoms with Crippen LogP contribution in [0.25, 0.3) is 44.6 Å². The van der Waals surface area contributed by atoms with E-state index in [1.165, 1.54) is 97.7 Å². The smallest absolute Gasteiger partial charge is 0.373 e. The number of benzene rings is 4. The van der Waals surface area contributed by atoms with Gasteiger partial charge in [-0.2, -0.15) is 14.6 Å². The molecule has 0 N–H and O–H groups in total. The normalized spacial score (nSPS) is 15.2. The molecule has 4 aromatic heterocycles. The van der Waals surface area contributed by atoms with Crippen LogP contribution in [-0.4, -0.2) is 44.9 Å². The number of aryl methyl sites for hydroxylation is 1. The van der Waals surface area contributed by atoms with Crippen molar-refractivity contribution in [3.8, 4) is 51.4 Å². The first-order valence-electron chi connectivity index (χ1n) is 25.6. The minimum absolute atomic E-state index is 0.250. The van der Waals surface area contributed by atoms with Gasteiger partial charge in [-0.25, -0.2) is 4.98 Å². The molecule has 0 saturated heterocycles. The van der Waals surface area contributed by atoms with Crippen molar-refractivity contribution in [2.75, 3.05) is 13.2 Å². The van der Waals surface area contributed by atoms with Crippen molar-refractivity contribution in [3.05, 3.63) is 149 Å². The summed E-state index contributed by atoms with van der Waals surface area (Å²) in [6, 6.07) is 41.3. The summed E-state index contributed by atoms with van der Waals surface area (Å²) in [5.74, 6) is 4.76. The van der Waals surface area contributed by atoms with E-state index in [0.29, 0.717) is 57.2 Å². The molecule has 6 heterocycles. The van der Waals surface area contributed by atoms with Crippen LogP contribution in [0, 0.1) is 0 Å². The van der Waals surface area contributed by atoms with Gasteiger partial charge in [-0.1, -0.05) is 106 Å². The number of rotatable bonds is 11. The average Bonchev–Trinajstić information content (AvgIpc) is 3.75. The molecule has 12 nitrogen and oxygen atoms in total. The number of ether oxygens (including phenoxy) is 5. The molecule has 4 aliphatic rings. The molecule has 2 saturated carbocycles. The van der Waals surface area contributed by atoms with Crippen LogP contribution in [0.2, 0.25) is 0 Å². The minimum Gasteiger partial charge on any atom is -0.491 e. The first-order valence-corrected chi connectivity index (χ1v) is 25.6. The van der Waals surface area contributed by atoms with E-state index in [1.807, 2.05) is 48.5 Å². The lowest BCUT2D eigenvalue weighted by atomic mass is 9.82. The van der Waals surface area contributed by atoms with Gasteiger partial charge in [0.2, 0.25) is 5.88 Å². The van der Waals surface area contributed by atoms with Gasteiger partial charge in [0.05, 0.1) is 24.5 Å². The van der Waals surface area contributed by atoms with E-state index in [9.17, 15) is 4.79 Å². The van der Waals surface area contributed by atoms with E-state index in [-0.39, 0.29) is 6.15 Å². The molecule has 2 aliphatic heterocycles. The van der Waals surface area contributed by atoms with Crippen molar-refractivity contribution in [2.24, 2.45) is 0 Å². The molecule has 0 spiro atoms. The summed E-state index contributed by atoms with van der Waals surface area (Å²) in [5, 5.41) is 2.47. The maximum atomic E-state index is 10.9. The first-order chi connectivity index (χ1) is 35.5. The largest absolute Gasteiger partial charge is 0.491 e. The van der Waals surface area contributed by atoms with Crippen molar-refractivity contribution >= 4 is 34.7 Å². The monoisotopic (exact) mass is 964 g/mol. The fourth-order valence-electron chi connectivity index (χ4n) is 11.2. The Bertz CT molecular complexity index is 3180. The molecule has 2 aliphatic carbocycles. The number of carbonyl (C=O) groups is 1. The van der Waals surface area contributed by atoms with E-state index in [0.717, 1.165) is 75.0 Å². The highest BCUT2D eigenvalue weighted by molar-refractivity contribution is 5.93. The molecule has 368 valence electrons. The summed E-state index contributed by atoms with van der Waals surface area (Å²) in [6.45, 7) is 6.31. The first kappa shape index (κ1) is 48.0. The van der Waals surface area contributed by atoms with Crippen LogP contribution in [0.3, 0.4) is 0 Å². The molecule has 0 unspecified atom stereocenters. The van der Waals surface area contributed by atoms with Crippen LogP contribution < -0.4 is 23.7 Å². The number of hydrogen-bond acceptors (Lipinski definition) is 10. The van der Waals surface area contributed by atoms with Crippen LogP contribution in [0.4, 0.5) is 0 Å². The van der Waals surface area contributed by atoms with Gasteiger partial charge in [-0.15, -0.1) is 0 Å². The van der Waals surface area contributed by atoms with E-state index in [4.69, 9.17) is 43.2 Å². The number of pyridine rings is 2. The molecular weight excluding hydrogens is 905 g/mol. The second kappa shape index (κ2) is 22.6. The summed E-state index contributed by atoms with van der Waals surface area (Å²) in [6.07, 6.45) is 13.8. The Morgan fingerprint density at radius 3 is 1.54 bits per heavy atom. The molecule has 12 heteroatoms. The van der Waals surface area contributed by atoms with Crippen LogP contribution in [-0.2, 0) is 47.1 Å². The summed E-state index contributed by atoms with van der Waals surface area (Å²) in [5.41, 5.74) is 12.9.